The van der Waals surface area contributed by atoms with E-state index in [0.717, 1.165) is 0 Å². The van der Waals surface area contributed by atoms with Crippen molar-refractivity contribution in [1.29, 1.82) is 0 Å². The molecule has 0 heterocycles. The molecule has 0 saturated carbocycles. The highest BCUT2D eigenvalue weighted by atomic mass is 32.2. The summed E-state index contributed by atoms with van der Waals surface area (Å²) in [5.74, 6) is -0.109. The SMILES string of the molecule is CC(=O)Nc1ccccc1OCCCS(=O)(=O)O. The van der Waals surface area contributed by atoms with E-state index in [4.69, 9.17) is 9.29 Å². The molecule has 0 atom stereocenters. The van der Waals surface area contributed by atoms with E-state index in [9.17, 15) is 13.2 Å². The van der Waals surface area contributed by atoms with Gasteiger partial charge >= 0.3 is 0 Å². The fraction of sp³-hybridized carbons (Fsp3) is 0.364. The molecule has 7 heteroatoms. The zero-order valence-electron chi connectivity index (χ0n) is 9.92. The first-order chi connectivity index (χ1) is 8.38. The van der Waals surface area contributed by atoms with E-state index in [2.05, 4.69) is 5.32 Å². The van der Waals surface area contributed by atoms with E-state index in [1.807, 2.05) is 0 Å². The van der Waals surface area contributed by atoms with Crippen LogP contribution in [0.5, 0.6) is 5.75 Å². The Morgan fingerprint density at radius 1 is 1.39 bits per heavy atom. The molecule has 6 nitrogen and oxygen atoms in total. The summed E-state index contributed by atoms with van der Waals surface area (Å²) in [6, 6.07) is 6.83. The predicted molar refractivity (Wildman–Crippen MR) is 67.3 cm³/mol. The zero-order valence-corrected chi connectivity index (χ0v) is 10.7. The molecule has 0 radical (unpaired) electrons. The highest BCUT2D eigenvalue weighted by molar-refractivity contribution is 7.85. The van der Waals surface area contributed by atoms with Crippen molar-refractivity contribution in [2.45, 2.75) is 13.3 Å². The fourth-order valence-corrected chi connectivity index (χ4v) is 1.79. The third-order valence-corrected chi connectivity index (χ3v) is 2.81. The number of para-hydroxylation sites is 2. The summed E-state index contributed by atoms with van der Waals surface area (Å²) in [7, 11) is -3.96. The van der Waals surface area contributed by atoms with Crippen molar-refractivity contribution in [2.75, 3.05) is 17.7 Å². The Labute approximate surface area is 106 Å². The van der Waals surface area contributed by atoms with Gasteiger partial charge in [0.15, 0.2) is 0 Å². The highest BCUT2D eigenvalue weighted by Crippen LogP contribution is 2.23. The van der Waals surface area contributed by atoms with Crippen molar-refractivity contribution in [2.24, 2.45) is 0 Å². The first-order valence-corrected chi connectivity index (χ1v) is 6.94. The summed E-state index contributed by atoms with van der Waals surface area (Å²) in [5.41, 5.74) is 0.525. The standard InChI is InChI=1S/C11H15NO5S/c1-9(13)12-10-5-2-3-6-11(10)17-7-4-8-18(14,15)16/h2-3,5-6H,4,7-8H2,1H3,(H,12,13)(H,14,15,16). The lowest BCUT2D eigenvalue weighted by Crippen LogP contribution is -2.11. The number of rotatable bonds is 6. The van der Waals surface area contributed by atoms with Gasteiger partial charge in [-0.1, -0.05) is 12.1 Å². The van der Waals surface area contributed by atoms with Gasteiger partial charge in [0, 0.05) is 6.92 Å². The van der Waals surface area contributed by atoms with Crippen molar-refractivity contribution in [3.05, 3.63) is 24.3 Å². The van der Waals surface area contributed by atoms with E-state index in [0.29, 0.717) is 11.4 Å². The number of nitrogens with one attached hydrogen (secondary N) is 1. The van der Waals surface area contributed by atoms with Gasteiger partial charge in [-0.15, -0.1) is 0 Å². The Kier molecular flexibility index (Phi) is 5.11. The second-order valence-corrected chi connectivity index (χ2v) is 5.24. The minimum absolute atomic E-state index is 0.135. The average molecular weight is 273 g/mol. The monoisotopic (exact) mass is 273 g/mol. The first-order valence-electron chi connectivity index (χ1n) is 5.33. The summed E-state index contributed by atoms with van der Waals surface area (Å²) in [6.07, 6.45) is 0.174. The zero-order chi connectivity index (χ0) is 13.6. The number of benzene rings is 1. The van der Waals surface area contributed by atoms with Gasteiger partial charge in [-0.05, 0) is 18.6 Å². The summed E-state index contributed by atoms with van der Waals surface area (Å²) < 4.78 is 34.9. The molecule has 1 aromatic carbocycles. The molecule has 0 spiro atoms. The average Bonchev–Trinajstić information content (AvgIpc) is 2.24. The van der Waals surface area contributed by atoms with Crippen LogP contribution in [0, 0.1) is 0 Å². The predicted octanol–water partition coefficient (Wildman–Crippen LogP) is 1.30. The van der Waals surface area contributed by atoms with Crippen LogP contribution in [0.3, 0.4) is 0 Å². The third kappa shape index (κ3) is 5.65. The molecule has 1 rings (SSSR count). The van der Waals surface area contributed by atoms with Gasteiger partial charge in [-0.25, -0.2) is 0 Å². The van der Waals surface area contributed by atoms with Crippen molar-refractivity contribution in [3.63, 3.8) is 0 Å². The molecule has 0 aromatic heterocycles. The Morgan fingerprint density at radius 3 is 2.67 bits per heavy atom. The molecule has 0 aliphatic heterocycles. The quantitative estimate of drug-likeness (QED) is 0.602. The number of carbonyl (C=O) groups excluding carboxylic acids is 1. The van der Waals surface area contributed by atoms with E-state index in [-0.39, 0.29) is 24.7 Å². The highest BCUT2D eigenvalue weighted by Gasteiger charge is 2.06. The van der Waals surface area contributed by atoms with Crippen molar-refractivity contribution in [1.82, 2.24) is 0 Å². The van der Waals surface area contributed by atoms with Crippen molar-refractivity contribution >= 4 is 21.7 Å². The van der Waals surface area contributed by atoms with Gasteiger partial charge in [-0.3, -0.25) is 9.35 Å². The number of amides is 1. The van der Waals surface area contributed by atoms with Gasteiger partial charge in [-0.2, -0.15) is 8.42 Å². The van der Waals surface area contributed by atoms with Gasteiger partial charge in [0.1, 0.15) is 5.75 Å². The van der Waals surface area contributed by atoms with Crippen LogP contribution in [0.25, 0.3) is 0 Å². The van der Waals surface area contributed by atoms with Crippen LogP contribution < -0.4 is 10.1 Å². The lowest BCUT2D eigenvalue weighted by molar-refractivity contribution is -0.114. The molecule has 2 N–H and O–H groups in total. The van der Waals surface area contributed by atoms with Crippen LogP contribution in [0.2, 0.25) is 0 Å². The van der Waals surface area contributed by atoms with Crippen LogP contribution in [-0.4, -0.2) is 31.2 Å². The van der Waals surface area contributed by atoms with Crippen LogP contribution in [-0.2, 0) is 14.9 Å². The fourth-order valence-electron chi connectivity index (χ4n) is 1.31. The number of ether oxygens (including phenoxy) is 1. The first kappa shape index (κ1) is 14.5. The number of hydrogen-bond acceptors (Lipinski definition) is 4. The molecule has 1 amide bonds. The second-order valence-electron chi connectivity index (χ2n) is 3.67. The molecule has 0 fully saturated rings. The maximum atomic E-state index is 10.9. The number of hydrogen-bond donors (Lipinski definition) is 2. The van der Waals surface area contributed by atoms with Gasteiger partial charge in [0.25, 0.3) is 10.1 Å². The van der Waals surface area contributed by atoms with Crippen LogP contribution in [0.15, 0.2) is 24.3 Å². The molecule has 0 aliphatic carbocycles. The van der Waals surface area contributed by atoms with E-state index < -0.39 is 10.1 Å². The van der Waals surface area contributed by atoms with E-state index in [1.54, 1.807) is 24.3 Å². The molecule has 18 heavy (non-hydrogen) atoms. The normalized spacial score (nSPS) is 11.0. The summed E-state index contributed by atoms with van der Waals surface area (Å²) in [6.45, 7) is 1.52. The largest absolute Gasteiger partial charge is 0.491 e. The Morgan fingerprint density at radius 2 is 2.06 bits per heavy atom. The Balaban J connectivity index is 2.54. The summed E-state index contributed by atoms with van der Waals surface area (Å²) in [4.78, 5) is 10.9. The lowest BCUT2D eigenvalue weighted by Gasteiger charge is -2.11. The molecular formula is C11H15NO5S. The van der Waals surface area contributed by atoms with E-state index in [1.165, 1.54) is 6.92 Å². The van der Waals surface area contributed by atoms with Gasteiger partial charge < -0.3 is 10.1 Å². The molecule has 0 saturated heterocycles. The Hall–Kier alpha value is -1.60. The third-order valence-electron chi connectivity index (χ3n) is 2.00. The molecule has 100 valence electrons. The van der Waals surface area contributed by atoms with Gasteiger partial charge in [0.2, 0.25) is 5.91 Å². The minimum atomic E-state index is -3.96. The topological polar surface area (TPSA) is 92.7 Å². The van der Waals surface area contributed by atoms with Crippen molar-refractivity contribution < 1.29 is 22.5 Å². The maximum absolute atomic E-state index is 10.9. The second kappa shape index (κ2) is 6.36. The number of anilines is 1. The maximum Gasteiger partial charge on any atom is 0.264 e. The molecule has 0 unspecified atom stereocenters. The van der Waals surface area contributed by atoms with Crippen LogP contribution in [0.4, 0.5) is 5.69 Å². The lowest BCUT2D eigenvalue weighted by atomic mass is 10.3. The smallest absolute Gasteiger partial charge is 0.264 e. The molecule has 0 aliphatic rings. The minimum Gasteiger partial charge on any atom is -0.491 e. The Bertz CT molecular complexity index is 512. The van der Waals surface area contributed by atoms with Crippen LogP contribution in [0.1, 0.15) is 13.3 Å². The number of carbonyl (C=O) groups is 1. The summed E-state index contributed by atoms with van der Waals surface area (Å²) in [5, 5.41) is 2.60. The van der Waals surface area contributed by atoms with Crippen LogP contribution >= 0.6 is 0 Å². The molecule has 1 aromatic rings. The molecule has 0 bridgehead atoms. The summed E-state index contributed by atoms with van der Waals surface area (Å²) >= 11 is 0. The van der Waals surface area contributed by atoms with E-state index >= 15 is 0 Å². The van der Waals surface area contributed by atoms with Crippen molar-refractivity contribution in [3.8, 4) is 5.75 Å². The van der Waals surface area contributed by atoms with Gasteiger partial charge in [0.05, 0.1) is 18.0 Å². The molecular weight excluding hydrogens is 258 g/mol.